The SMILES string of the molecule is N#Cc1cc(Cl)nc(N2CCS(=O)(=O)CC2)c1. The van der Waals surface area contributed by atoms with Gasteiger partial charge in [-0.1, -0.05) is 11.6 Å². The number of hydrogen-bond acceptors (Lipinski definition) is 5. The van der Waals surface area contributed by atoms with E-state index >= 15 is 0 Å². The van der Waals surface area contributed by atoms with Gasteiger partial charge in [-0.05, 0) is 12.1 Å². The molecule has 0 bridgehead atoms. The molecule has 0 N–H and O–H groups in total. The van der Waals surface area contributed by atoms with Crippen LogP contribution in [0.5, 0.6) is 0 Å². The first kappa shape index (κ1) is 12.1. The van der Waals surface area contributed by atoms with Crippen molar-refractivity contribution in [2.24, 2.45) is 0 Å². The lowest BCUT2D eigenvalue weighted by Crippen LogP contribution is -2.40. The average Bonchev–Trinajstić information content (AvgIpc) is 2.28. The molecule has 0 aromatic carbocycles. The summed E-state index contributed by atoms with van der Waals surface area (Å²) in [5.74, 6) is 0.788. The van der Waals surface area contributed by atoms with Crippen LogP contribution in [0.3, 0.4) is 0 Å². The molecule has 0 aliphatic carbocycles. The molecule has 90 valence electrons. The summed E-state index contributed by atoms with van der Waals surface area (Å²) in [6.45, 7) is 0.779. The van der Waals surface area contributed by atoms with Crippen molar-refractivity contribution in [3.05, 3.63) is 22.8 Å². The standard InChI is InChI=1S/C10H10ClN3O2S/c11-9-5-8(7-12)6-10(13-9)14-1-3-17(15,16)4-2-14/h5-6H,1-4H2. The molecule has 0 saturated carbocycles. The minimum atomic E-state index is -2.92. The van der Waals surface area contributed by atoms with Crippen LogP contribution in [0.2, 0.25) is 5.15 Å². The number of pyridine rings is 1. The van der Waals surface area contributed by atoms with E-state index in [4.69, 9.17) is 16.9 Å². The third-order valence-corrected chi connectivity index (χ3v) is 4.38. The average molecular weight is 272 g/mol. The second kappa shape index (κ2) is 4.51. The lowest BCUT2D eigenvalue weighted by Gasteiger charge is -2.27. The third kappa shape index (κ3) is 2.87. The van der Waals surface area contributed by atoms with Crippen molar-refractivity contribution in [3.63, 3.8) is 0 Å². The van der Waals surface area contributed by atoms with Crippen molar-refractivity contribution in [1.82, 2.24) is 4.98 Å². The molecule has 7 heteroatoms. The van der Waals surface area contributed by atoms with Crippen LogP contribution in [0.15, 0.2) is 12.1 Å². The van der Waals surface area contributed by atoms with Gasteiger partial charge in [0, 0.05) is 13.1 Å². The van der Waals surface area contributed by atoms with Gasteiger partial charge in [0.25, 0.3) is 0 Å². The van der Waals surface area contributed by atoms with Crippen LogP contribution in [0.25, 0.3) is 0 Å². The maximum absolute atomic E-state index is 11.3. The van der Waals surface area contributed by atoms with Crippen molar-refractivity contribution in [1.29, 1.82) is 5.26 Å². The summed E-state index contributed by atoms with van der Waals surface area (Å²) in [6.07, 6.45) is 0. The summed E-state index contributed by atoms with van der Waals surface area (Å²) in [4.78, 5) is 5.93. The van der Waals surface area contributed by atoms with Gasteiger partial charge in [-0.25, -0.2) is 13.4 Å². The first-order valence-electron chi connectivity index (χ1n) is 5.03. The predicted molar refractivity (Wildman–Crippen MR) is 64.8 cm³/mol. The highest BCUT2D eigenvalue weighted by Crippen LogP contribution is 2.19. The Balaban J connectivity index is 2.24. The fourth-order valence-corrected chi connectivity index (χ4v) is 3.06. The van der Waals surface area contributed by atoms with Crippen LogP contribution in [0.4, 0.5) is 5.82 Å². The molecule has 1 saturated heterocycles. The number of aromatic nitrogens is 1. The molecular formula is C10H10ClN3O2S. The molecule has 5 nitrogen and oxygen atoms in total. The number of hydrogen-bond donors (Lipinski definition) is 0. The van der Waals surface area contributed by atoms with E-state index in [1.165, 1.54) is 6.07 Å². The Bertz CT molecular complexity index is 566. The molecule has 0 amide bonds. The van der Waals surface area contributed by atoms with E-state index in [0.717, 1.165) is 0 Å². The molecule has 1 aromatic heterocycles. The first-order chi connectivity index (χ1) is 8.00. The van der Waals surface area contributed by atoms with E-state index in [9.17, 15) is 8.42 Å². The van der Waals surface area contributed by atoms with Crippen LogP contribution in [-0.4, -0.2) is 38.0 Å². The van der Waals surface area contributed by atoms with E-state index in [2.05, 4.69) is 4.98 Å². The summed E-state index contributed by atoms with van der Waals surface area (Å²) < 4.78 is 22.6. The number of sulfone groups is 1. The van der Waals surface area contributed by atoms with Gasteiger partial charge in [0.15, 0.2) is 9.84 Å². The minimum Gasteiger partial charge on any atom is -0.354 e. The Morgan fingerprint density at radius 3 is 2.59 bits per heavy atom. The molecule has 0 unspecified atom stereocenters. The lowest BCUT2D eigenvalue weighted by atomic mass is 10.3. The minimum absolute atomic E-state index is 0.114. The molecular weight excluding hydrogens is 262 g/mol. The second-order valence-corrected chi connectivity index (χ2v) is 6.48. The molecule has 17 heavy (non-hydrogen) atoms. The smallest absolute Gasteiger partial charge is 0.153 e. The van der Waals surface area contributed by atoms with E-state index in [1.54, 1.807) is 6.07 Å². The third-order valence-electron chi connectivity index (χ3n) is 2.58. The van der Waals surface area contributed by atoms with Crippen LogP contribution >= 0.6 is 11.6 Å². The summed E-state index contributed by atoms with van der Waals surface area (Å²) in [5, 5.41) is 9.06. The van der Waals surface area contributed by atoms with Crippen molar-refractivity contribution in [2.75, 3.05) is 29.5 Å². The fourth-order valence-electron chi connectivity index (χ4n) is 1.65. The molecule has 0 atom stereocenters. The summed E-state index contributed by atoms with van der Waals surface area (Å²) in [7, 11) is -2.92. The zero-order valence-electron chi connectivity index (χ0n) is 8.93. The van der Waals surface area contributed by atoms with Crippen molar-refractivity contribution in [3.8, 4) is 6.07 Å². The zero-order chi connectivity index (χ0) is 12.5. The topological polar surface area (TPSA) is 74.1 Å². The molecule has 2 heterocycles. The van der Waals surface area contributed by atoms with Gasteiger partial charge in [0.1, 0.15) is 11.0 Å². The largest absolute Gasteiger partial charge is 0.354 e. The predicted octanol–water partition coefficient (Wildman–Crippen LogP) is 0.841. The Hall–Kier alpha value is -1.32. The van der Waals surface area contributed by atoms with E-state index in [0.29, 0.717) is 24.5 Å². The van der Waals surface area contributed by atoms with E-state index < -0.39 is 9.84 Å². The highest BCUT2D eigenvalue weighted by molar-refractivity contribution is 7.91. The number of rotatable bonds is 1. The first-order valence-corrected chi connectivity index (χ1v) is 7.23. The monoisotopic (exact) mass is 271 g/mol. The highest BCUT2D eigenvalue weighted by atomic mass is 35.5. The molecule has 1 aromatic rings. The van der Waals surface area contributed by atoms with Crippen molar-refractivity contribution >= 4 is 27.3 Å². The number of halogens is 1. The summed E-state index contributed by atoms with van der Waals surface area (Å²) in [6, 6.07) is 5.09. The Morgan fingerprint density at radius 1 is 1.35 bits per heavy atom. The maximum Gasteiger partial charge on any atom is 0.153 e. The summed E-state index contributed by atoms with van der Waals surface area (Å²) >= 11 is 5.80. The Labute approximate surface area is 105 Å². The van der Waals surface area contributed by atoms with Crippen molar-refractivity contribution in [2.45, 2.75) is 0 Å². The number of nitriles is 1. The number of anilines is 1. The molecule has 1 aliphatic heterocycles. The van der Waals surface area contributed by atoms with Gasteiger partial charge in [-0.3, -0.25) is 0 Å². The highest BCUT2D eigenvalue weighted by Gasteiger charge is 2.22. The molecule has 0 spiro atoms. The van der Waals surface area contributed by atoms with Gasteiger partial charge in [-0.2, -0.15) is 5.26 Å². The lowest BCUT2D eigenvalue weighted by molar-refractivity contribution is 0.586. The Morgan fingerprint density at radius 2 is 2.00 bits per heavy atom. The van der Waals surface area contributed by atoms with Gasteiger partial charge in [-0.15, -0.1) is 0 Å². The van der Waals surface area contributed by atoms with E-state index in [1.807, 2.05) is 11.0 Å². The maximum atomic E-state index is 11.3. The van der Waals surface area contributed by atoms with Gasteiger partial charge < -0.3 is 4.90 Å². The van der Waals surface area contributed by atoms with Crippen LogP contribution in [-0.2, 0) is 9.84 Å². The van der Waals surface area contributed by atoms with Crippen LogP contribution in [0.1, 0.15) is 5.56 Å². The Kier molecular flexibility index (Phi) is 3.22. The quantitative estimate of drug-likeness (QED) is 0.708. The van der Waals surface area contributed by atoms with Gasteiger partial charge >= 0.3 is 0 Å². The second-order valence-electron chi connectivity index (χ2n) is 3.79. The molecule has 1 fully saturated rings. The van der Waals surface area contributed by atoms with Crippen molar-refractivity contribution < 1.29 is 8.42 Å². The number of nitrogens with zero attached hydrogens (tertiary/aromatic N) is 3. The zero-order valence-corrected chi connectivity index (χ0v) is 10.5. The van der Waals surface area contributed by atoms with Gasteiger partial charge in [0.2, 0.25) is 0 Å². The molecule has 0 radical (unpaired) electrons. The summed E-state index contributed by atoms with van der Waals surface area (Å²) in [5.41, 5.74) is 0.424. The normalized spacial score (nSPS) is 18.7. The fraction of sp³-hybridized carbons (Fsp3) is 0.400. The van der Waals surface area contributed by atoms with Crippen LogP contribution < -0.4 is 4.90 Å². The molecule has 2 rings (SSSR count). The van der Waals surface area contributed by atoms with Gasteiger partial charge in [0.05, 0.1) is 23.1 Å². The van der Waals surface area contributed by atoms with Crippen LogP contribution in [0, 0.1) is 11.3 Å². The van der Waals surface area contributed by atoms with E-state index in [-0.39, 0.29) is 16.7 Å². The molecule has 1 aliphatic rings.